The summed E-state index contributed by atoms with van der Waals surface area (Å²) in [6.07, 6.45) is 3.82. The van der Waals surface area contributed by atoms with Crippen LogP contribution in [0.1, 0.15) is 31.5 Å². The molecule has 0 bridgehead atoms. The lowest BCUT2D eigenvalue weighted by Gasteiger charge is -2.09. The normalized spacial score (nSPS) is 15.7. The maximum atomic E-state index is 12.1. The highest BCUT2D eigenvalue weighted by molar-refractivity contribution is 8.00. The topological polar surface area (TPSA) is 83.6 Å². The van der Waals surface area contributed by atoms with Gasteiger partial charge in [0.1, 0.15) is 11.6 Å². The average Bonchev–Trinajstić information content (AvgIpc) is 3.22. The van der Waals surface area contributed by atoms with Crippen LogP contribution in [0, 0.1) is 0 Å². The Morgan fingerprint density at radius 1 is 1.52 bits per heavy atom. The molecule has 2 aromatic rings. The summed E-state index contributed by atoms with van der Waals surface area (Å²) in [5, 5.41) is 10.6. The number of halogens is 1. The number of carbonyl (C=O) groups excluding carboxylic acids is 1. The lowest BCUT2D eigenvalue weighted by atomic mass is 10.4. The van der Waals surface area contributed by atoms with E-state index in [1.54, 1.807) is 12.1 Å². The third kappa shape index (κ3) is 3.74. The zero-order valence-electron chi connectivity index (χ0n) is 11.3. The minimum atomic E-state index is -0.315. The second-order valence-corrected chi connectivity index (χ2v) is 6.63. The summed E-state index contributed by atoms with van der Waals surface area (Å²) in [5.74, 6) is 1.77. The van der Waals surface area contributed by atoms with E-state index in [1.165, 1.54) is 18.0 Å². The van der Waals surface area contributed by atoms with Gasteiger partial charge in [0.2, 0.25) is 11.1 Å². The number of nitrogens with zero attached hydrogens (tertiary/aromatic N) is 3. The van der Waals surface area contributed by atoms with E-state index in [2.05, 4.69) is 25.5 Å². The highest BCUT2D eigenvalue weighted by Crippen LogP contribution is 2.38. The number of thioether (sulfide) groups is 1. The number of amides is 1. The molecule has 1 amide bonds. The van der Waals surface area contributed by atoms with Gasteiger partial charge in [-0.1, -0.05) is 23.4 Å². The van der Waals surface area contributed by atoms with Gasteiger partial charge in [0.05, 0.1) is 10.3 Å². The van der Waals surface area contributed by atoms with Gasteiger partial charge in [-0.05, 0) is 31.9 Å². The Morgan fingerprint density at radius 3 is 3.00 bits per heavy atom. The summed E-state index contributed by atoms with van der Waals surface area (Å²) in [6, 6.07) is 3.34. The molecule has 0 aliphatic heterocycles. The number of hydrogen-bond acceptors (Lipinski definition) is 5. The Labute approximate surface area is 131 Å². The fraction of sp³-hybridized carbons (Fsp3) is 0.385. The van der Waals surface area contributed by atoms with E-state index in [0.717, 1.165) is 18.7 Å². The zero-order chi connectivity index (χ0) is 14.8. The smallest absolute Gasteiger partial charge is 0.238 e. The van der Waals surface area contributed by atoms with Gasteiger partial charge in [-0.25, -0.2) is 9.97 Å². The third-order valence-corrected chi connectivity index (χ3v) is 4.26. The van der Waals surface area contributed by atoms with Crippen LogP contribution in [-0.2, 0) is 4.79 Å². The monoisotopic (exact) mass is 323 g/mol. The maximum Gasteiger partial charge on any atom is 0.238 e. The van der Waals surface area contributed by atoms with E-state index in [9.17, 15) is 4.79 Å². The molecule has 0 saturated heterocycles. The molecule has 2 N–H and O–H groups in total. The summed E-state index contributed by atoms with van der Waals surface area (Å²) >= 11 is 7.07. The number of carbonyl (C=O) groups is 1. The van der Waals surface area contributed by atoms with Gasteiger partial charge in [-0.3, -0.25) is 9.89 Å². The Kier molecular flexibility index (Phi) is 4.12. The standard InChI is InChI=1S/C13H14ClN5OS/c1-7(12(20)16-10-5-4-9(14)6-15-10)21-13-17-11(18-19-13)8-2-3-8/h4-8H,2-3H2,1H3,(H,15,16,20)(H,17,18,19). The third-order valence-electron chi connectivity index (χ3n) is 3.08. The predicted molar refractivity (Wildman–Crippen MR) is 81.6 cm³/mol. The van der Waals surface area contributed by atoms with Crippen LogP contribution in [-0.4, -0.2) is 31.3 Å². The van der Waals surface area contributed by atoms with E-state index >= 15 is 0 Å². The Morgan fingerprint density at radius 2 is 2.33 bits per heavy atom. The molecule has 21 heavy (non-hydrogen) atoms. The SMILES string of the molecule is CC(Sc1n[nH]c(C2CC2)n1)C(=O)Nc1ccc(Cl)cn1. The maximum absolute atomic E-state index is 12.1. The second kappa shape index (κ2) is 6.03. The van der Waals surface area contributed by atoms with Crippen molar-refractivity contribution in [2.75, 3.05) is 5.32 Å². The first-order valence-corrected chi connectivity index (χ1v) is 7.89. The van der Waals surface area contributed by atoms with Crippen LogP contribution in [0.15, 0.2) is 23.5 Å². The molecule has 1 unspecified atom stereocenters. The number of rotatable bonds is 5. The van der Waals surface area contributed by atoms with Crippen LogP contribution in [0.5, 0.6) is 0 Å². The molecule has 3 rings (SSSR count). The van der Waals surface area contributed by atoms with Gasteiger partial charge >= 0.3 is 0 Å². The van der Waals surface area contributed by atoms with Gasteiger partial charge < -0.3 is 5.32 Å². The van der Waals surface area contributed by atoms with E-state index < -0.39 is 0 Å². The van der Waals surface area contributed by atoms with Gasteiger partial charge in [0, 0.05) is 12.1 Å². The minimum absolute atomic E-state index is 0.146. The van der Waals surface area contributed by atoms with Crippen molar-refractivity contribution in [3.05, 3.63) is 29.2 Å². The van der Waals surface area contributed by atoms with Gasteiger partial charge in [-0.15, -0.1) is 5.10 Å². The lowest BCUT2D eigenvalue weighted by molar-refractivity contribution is -0.115. The number of pyridine rings is 1. The molecule has 0 spiro atoms. The molecule has 2 aromatic heterocycles. The van der Waals surface area contributed by atoms with Crippen LogP contribution in [0.2, 0.25) is 5.02 Å². The molecule has 0 radical (unpaired) electrons. The fourth-order valence-electron chi connectivity index (χ4n) is 1.74. The van der Waals surface area contributed by atoms with Crippen LogP contribution < -0.4 is 5.32 Å². The summed E-state index contributed by atoms with van der Waals surface area (Å²) < 4.78 is 0. The van der Waals surface area contributed by atoms with Crippen molar-refractivity contribution in [1.82, 2.24) is 20.2 Å². The summed E-state index contributed by atoms with van der Waals surface area (Å²) in [5.41, 5.74) is 0. The van der Waals surface area contributed by atoms with Gasteiger partial charge in [0.15, 0.2) is 0 Å². The summed E-state index contributed by atoms with van der Waals surface area (Å²) in [7, 11) is 0. The van der Waals surface area contributed by atoms with E-state index in [-0.39, 0.29) is 11.2 Å². The number of hydrogen-bond donors (Lipinski definition) is 2. The van der Waals surface area contributed by atoms with Crippen LogP contribution in [0.4, 0.5) is 5.82 Å². The Bertz CT molecular complexity index is 640. The molecule has 1 atom stereocenters. The molecule has 2 heterocycles. The molecule has 110 valence electrons. The molecule has 0 aromatic carbocycles. The quantitative estimate of drug-likeness (QED) is 0.827. The number of aromatic nitrogens is 4. The highest BCUT2D eigenvalue weighted by Gasteiger charge is 2.27. The molecule has 1 saturated carbocycles. The molecule has 8 heteroatoms. The van der Waals surface area contributed by atoms with Crippen molar-refractivity contribution in [2.24, 2.45) is 0 Å². The first-order chi connectivity index (χ1) is 10.1. The minimum Gasteiger partial charge on any atom is -0.310 e. The predicted octanol–water partition coefficient (Wildman–Crippen LogP) is 2.85. The van der Waals surface area contributed by atoms with Crippen LogP contribution >= 0.6 is 23.4 Å². The Hall–Kier alpha value is -1.60. The first kappa shape index (κ1) is 14.3. The van der Waals surface area contributed by atoms with Crippen LogP contribution in [0.3, 0.4) is 0 Å². The van der Waals surface area contributed by atoms with E-state index in [4.69, 9.17) is 11.6 Å². The van der Waals surface area contributed by atoms with Gasteiger partial charge in [0.25, 0.3) is 0 Å². The van der Waals surface area contributed by atoms with Crippen LogP contribution in [0.25, 0.3) is 0 Å². The summed E-state index contributed by atoms with van der Waals surface area (Å²) in [6.45, 7) is 1.81. The lowest BCUT2D eigenvalue weighted by Crippen LogP contribution is -2.23. The summed E-state index contributed by atoms with van der Waals surface area (Å²) in [4.78, 5) is 20.5. The number of anilines is 1. The first-order valence-electron chi connectivity index (χ1n) is 6.63. The Balaban J connectivity index is 1.57. The van der Waals surface area contributed by atoms with E-state index in [1.807, 2.05) is 6.92 Å². The van der Waals surface area contributed by atoms with Gasteiger partial charge in [-0.2, -0.15) is 0 Å². The van der Waals surface area contributed by atoms with Crippen molar-refractivity contribution < 1.29 is 4.79 Å². The number of H-pyrrole nitrogens is 1. The highest BCUT2D eigenvalue weighted by atomic mass is 35.5. The number of aromatic amines is 1. The molecule has 1 fully saturated rings. The molecule has 1 aliphatic rings. The van der Waals surface area contributed by atoms with Crippen molar-refractivity contribution in [2.45, 2.75) is 36.1 Å². The van der Waals surface area contributed by atoms with Crippen molar-refractivity contribution in [3.8, 4) is 0 Å². The molecular weight excluding hydrogens is 310 g/mol. The van der Waals surface area contributed by atoms with Crippen molar-refractivity contribution in [3.63, 3.8) is 0 Å². The molecular formula is C13H14ClN5OS. The molecule has 1 aliphatic carbocycles. The molecule has 6 nitrogen and oxygen atoms in total. The van der Waals surface area contributed by atoms with Crippen molar-refractivity contribution in [1.29, 1.82) is 0 Å². The largest absolute Gasteiger partial charge is 0.310 e. The average molecular weight is 324 g/mol. The fourth-order valence-corrected chi connectivity index (χ4v) is 2.58. The zero-order valence-corrected chi connectivity index (χ0v) is 12.9. The van der Waals surface area contributed by atoms with Crippen molar-refractivity contribution >= 4 is 35.1 Å². The second-order valence-electron chi connectivity index (χ2n) is 4.89. The number of nitrogens with one attached hydrogen (secondary N) is 2. The van der Waals surface area contributed by atoms with E-state index in [0.29, 0.717) is 21.9 Å².